The summed E-state index contributed by atoms with van der Waals surface area (Å²) in [5, 5.41) is 19.8. The van der Waals surface area contributed by atoms with E-state index in [0.717, 1.165) is 11.8 Å². The van der Waals surface area contributed by atoms with Gasteiger partial charge in [-0.25, -0.2) is 0 Å². The van der Waals surface area contributed by atoms with Crippen LogP contribution in [0.15, 0.2) is 63.7 Å². The molecule has 2 aromatic rings. The number of carbonyl (C=O) groups is 2. The third-order valence-electron chi connectivity index (χ3n) is 2.98. The predicted molar refractivity (Wildman–Crippen MR) is 87.8 cm³/mol. The van der Waals surface area contributed by atoms with Gasteiger partial charge < -0.3 is 5.11 Å². The molecule has 7 heteroatoms. The maximum absolute atomic E-state index is 11.6. The molecule has 2 amide bonds. The average Bonchev–Trinajstić information content (AvgIpc) is 2.86. The Morgan fingerprint density at radius 3 is 2.43 bits per heavy atom. The Balaban J connectivity index is 1.88. The van der Waals surface area contributed by atoms with E-state index in [1.54, 1.807) is 12.1 Å². The molecule has 1 heterocycles. The van der Waals surface area contributed by atoms with E-state index < -0.39 is 11.1 Å². The first-order chi connectivity index (χ1) is 11.1. The number of phenolic OH excluding ortho intramolecular Hbond substituents is 1. The fourth-order valence-electron chi connectivity index (χ4n) is 1.89. The molecule has 0 aliphatic carbocycles. The van der Waals surface area contributed by atoms with E-state index in [9.17, 15) is 14.7 Å². The Bertz CT molecular complexity index is 832. The summed E-state index contributed by atoms with van der Waals surface area (Å²) in [6, 6.07) is 13.9. The molecular weight excluding hydrogens is 314 g/mol. The van der Waals surface area contributed by atoms with Gasteiger partial charge in [0, 0.05) is 5.56 Å². The number of benzene rings is 2. The summed E-state index contributed by atoms with van der Waals surface area (Å²) in [6.45, 7) is 0. The van der Waals surface area contributed by atoms with Crippen molar-refractivity contribution in [3.8, 4) is 5.75 Å². The van der Waals surface area contributed by atoms with Crippen LogP contribution in [0.4, 0.5) is 16.2 Å². The van der Waals surface area contributed by atoms with Crippen molar-refractivity contribution < 1.29 is 14.7 Å². The van der Waals surface area contributed by atoms with Crippen molar-refractivity contribution in [3.63, 3.8) is 0 Å². The number of phenols is 1. The Kier molecular flexibility index (Phi) is 4.20. The van der Waals surface area contributed by atoms with E-state index in [0.29, 0.717) is 16.9 Å². The van der Waals surface area contributed by atoms with Crippen LogP contribution in [0.2, 0.25) is 0 Å². The fraction of sp³-hybridized carbons (Fsp3) is 0. The van der Waals surface area contributed by atoms with E-state index in [-0.39, 0.29) is 10.7 Å². The third-order valence-corrected chi connectivity index (χ3v) is 3.79. The Morgan fingerprint density at radius 2 is 1.74 bits per heavy atom. The smallest absolute Gasteiger partial charge is 0.290 e. The molecule has 2 aromatic carbocycles. The van der Waals surface area contributed by atoms with Gasteiger partial charge >= 0.3 is 0 Å². The van der Waals surface area contributed by atoms with Crippen LogP contribution < -0.4 is 5.32 Å². The molecule has 0 saturated carbocycles. The molecule has 0 unspecified atom stereocenters. The molecule has 1 saturated heterocycles. The highest BCUT2D eigenvalue weighted by atomic mass is 32.2. The summed E-state index contributed by atoms with van der Waals surface area (Å²) in [7, 11) is 0. The molecular formula is C16H11N3O3S. The maximum Gasteiger partial charge on any atom is 0.290 e. The van der Waals surface area contributed by atoms with Crippen LogP contribution in [0.25, 0.3) is 6.08 Å². The predicted octanol–water partition coefficient (Wildman–Crippen LogP) is 4.13. The van der Waals surface area contributed by atoms with Gasteiger partial charge in [-0.3, -0.25) is 14.9 Å². The number of hydrogen-bond acceptors (Lipinski definition) is 6. The lowest BCUT2D eigenvalue weighted by Crippen LogP contribution is -2.17. The minimum atomic E-state index is -0.476. The first kappa shape index (κ1) is 15.0. The number of nitrogens with one attached hydrogen (secondary N) is 1. The van der Waals surface area contributed by atoms with Crippen LogP contribution in [-0.2, 0) is 4.79 Å². The fourth-order valence-corrected chi connectivity index (χ4v) is 2.57. The summed E-state index contributed by atoms with van der Waals surface area (Å²) in [6.07, 6.45) is 1.45. The summed E-state index contributed by atoms with van der Waals surface area (Å²) in [5.74, 6) is -0.486. The second-order valence-corrected chi connectivity index (χ2v) is 5.65. The van der Waals surface area contributed by atoms with Gasteiger partial charge in [0.1, 0.15) is 5.75 Å². The third kappa shape index (κ3) is 3.64. The van der Waals surface area contributed by atoms with Crippen molar-refractivity contribution in [3.05, 3.63) is 59.0 Å². The van der Waals surface area contributed by atoms with Crippen LogP contribution >= 0.6 is 11.8 Å². The number of rotatable bonds is 3. The van der Waals surface area contributed by atoms with Gasteiger partial charge in [0.25, 0.3) is 11.1 Å². The van der Waals surface area contributed by atoms with Crippen molar-refractivity contribution in [2.45, 2.75) is 0 Å². The van der Waals surface area contributed by atoms with E-state index in [4.69, 9.17) is 0 Å². The van der Waals surface area contributed by atoms with Crippen LogP contribution in [0.5, 0.6) is 5.75 Å². The quantitative estimate of drug-likeness (QED) is 0.655. The van der Waals surface area contributed by atoms with Gasteiger partial charge in [0.2, 0.25) is 0 Å². The summed E-state index contributed by atoms with van der Waals surface area (Å²) in [5.41, 5.74) is 1.62. The van der Waals surface area contributed by atoms with Gasteiger partial charge in [0.15, 0.2) is 0 Å². The lowest BCUT2D eigenvalue weighted by molar-refractivity contribution is -0.115. The highest BCUT2D eigenvalue weighted by Gasteiger charge is 2.25. The first-order valence-electron chi connectivity index (χ1n) is 6.66. The highest BCUT2D eigenvalue weighted by molar-refractivity contribution is 8.18. The summed E-state index contributed by atoms with van der Waals surface area (Å²) in [4.78, 5) is 22.9. The topological polar surface area (TPSA) is 91.1 Å². The minimum absolute atomic E-state index is 0.0103. The van der Waals surface area contributed by atoms with E-state index in [1.165, 1.54) is 12.1 Å². The second-order valence-electron chi connectivity index (χ2n) is 4.63. The summed E-state index contributed by atoms with van der Waals surface area (Å²) < 4.78 is 0. The Labute approximate surface area is 135 Å². The molecule has 0 spiro atoms. The first-order valence-corrected chi connectivity index (χ1v) is 7.48. The van der Waals surface area contributed by atoms with Crippen molar-refractivity contribution in [2.75, 3.05) is 0 Å². The number of imide groups is 1. The standard InChI is InChI=1S/C16H11N3O3S/c20-13-7-6-12(19-18-11-4-2-1-3-5-11)8-10(13)9-14-15(21)17-16(22)23-14/h1-9,20H,(H,17,21,22)/b14-9+,19-18?. The summed E-state index contributed by atoms with van der Waals surface area (Å²) >= 11 is 0.790. The van der Waals surface area contributed by atoms with Gasteiger partial charge in [-0.1, -0.05) is 18.2 Å². The Hall–Kier alpha value is -2.93. The van der Waals surface area contributed by atoms with E-state index >= 15 is 0 Å². The van der Waals surface area contributed by atoms with Gasteiger partial charge in [-0.05, 0) is 48.2 Å². The lowest BCUT2D eigenvalue weighted by atomic mass is 10.1. The molecule has 3 rings (SSSR count). The zero-order valence-corrected chi connectivity index (χ0v) is 12.6. The molecule has 1 aliphatic heterocycles. The molecule has 2 N–H and O–H groups in total. The number of azo groups is 1. The number of nitrogens with zero attached hydrogens (tertiary/aromatic N) is 2. The molecule has 1 aliphatic rings. The van der Waals surface area contributed by atoms with E-state index in [2.05, 4.69) is 15.5 Å². The molecule has 114 valence electrons. The number of carbonyl (C=O) groups excluding carboxylic acids is 2. The number of hydrogen-bond donors (Lipinski definition) is 2. The van der Waals surface area contributed by atoms with Crippen LogP contribution in [0.1, 0.15) is 5.56 Å². The number of thioether (sulfide) groups is 1. The molecule has 6 nitrogen and oxygen atoms in total. The van der Waals surface area contributed by atoms with Gasteiger partial charge in [-0.2, -0.15) is 10.2 Å². The van der Waals surface area contributed by atoms with Crippen molar-refractivity contribution in [2.24, 2.45) is 10.2 Å². The normalized spacial score (nSPS) is 16.3. The van der Waals surface area contributed by atoms with Crippen molar-refractivity contribution in [1.82, 2.24) is 5.32 Å². The zero-order chi connectivity index (χ0) is 16.2. The molecule has 0 radical (unpaired) electrons. The van der Waals surface area contributed by atoms with Crippen molar-refractivity contribution >= 4 is 40.4 Å². The lowest BCUT2D eigenvalue weighted by Gasteiger charge is -2.01. The minimum Gasteiger partial charge on any atom is -0.507 e. The molecule has 0 aromatic heterocycles. The second kappa shape index (κ2) is 6.45. The van der Waals surface area contributed by atoms with Gasteiger partial charge in [-0.15, -0.1) is 0 Å². The Morgan fingerprint density at radius 1 is 1.00 bits per heavy atom. The molecule has 0 atom stereocenters. The van der Waals surface area contributed by atoms with Crippen LogP contribution in [0.3, 0.4) is 0 Å². The monoisotopic (exact) mass is 325 g/mol. The van der Waals surface area contributed by atoms with E-state index in [1.807, 2.05) is 30.3 Å². The molecule has 1 fully saturated rings. The van der Waals surface area contributed by atoms with Crippen LogP contribution in [0, 0.1) is 0 Å². The molecule has 0 bridgehead atoms. The highest BCUT2D eigenvalue weighted by Crippen LogP contribution is 2.31. The maximum atomic E-state index is 11.6. The van der Waals surface area contributed by atoms with Crippen molar-refractivity contribution in [1.29, 1.82) is 0 Å². The zero-order valence-electron chi connectivity index (χ0n) is 11.8. The van der Waals surface area contributed by atoms with Gasteiger partial charge in [0.05, 0.1) is 16.3 Å². The largest absolute Gasteiger partial charge is 0.507 e. The number of amides is 2. The average molecular weight is 325 g/mol. The van der Waals surface area contributed by atoms with Crippen LogP contribution in [-0.4, -0.2) is 16.3 Å². The number of aromatic hydroxyl groups is 1. The SMILES string of the molecule is O=C1NC(=O)/C(=C\c2cc(N=Nc3ccccc3)ccc2O)S1. The molecule has 23 heavy (non-hydrogen) atoms.